The Bertz CT molecular complexity index is 495. The fourth-order valence-corrected chi connectivity index (χ4v) is 3.05. The van der Waals surface area contributed by atoms with Crippen LogP contribution in [0.25, 0.3) is 0 Å². The van der Waals surface area contributed by atoms with Gasteiger partial charge in [0.05, 0.1) is 23.1 Å². The van der Waals surface area contributed by atoms with Gasteiger partial charge in [-0.15, -0.1) is 12.4 Å². The molecule has 0 radical (unpaired) electrons. The quantitative estimate of drug-likeness (QED) is 0.802. The molecule has 1 aromatic heterocycles. The zero-order valence-corrected chi connectivity index (χ0v) is 13.7. The molecule has 0 unspecified atom stereocenters. The third-order valence-electron chi connectivity index (χ3n) is 3.54. The van der Waals surface area contributed by atoms with Crippen LogP contribution in [0.4, 0.5) is 5.13 Å². The van der Waals surface area contributed by atoms with Gasteiger partial charge in [0, 0.05) is 14.0 Å². The van der Waals surface area contributed by atoms with Crippen molar-refractivity contribution in [3.8, 4) is 0 Å². The summed E-state index contributed by atoms with van der Waals surface area (Å²) in [6.07, 6.45) is 2.96. The number of Topliss-reactive ketones (excluding diaryl/α,β-unsaturated/α-hetero) is 1. The number of methoxy groups -OCH3 is 1. The van der Waals surface area contributed by atoms with E-state index in [0.29, 0.717) is 16.6 Å². The predicted molar refractivity (Wildman–Crippen MR) is 84.4 cm³/mol. The summed E-state index contributed by atoms with van der Waals surface area (Å²) in [6.45, 7) is 3.48. The normalized spacial score (nSPS) is 16.9. The molecule has 0 saturated carbocycles. The maximum atomic E-state index is 12.5. The number of carbonyl (C=O) groups is 2. The number of anilines is 1. The molecule has 0 atom stereocenters. The Morgan fingerprint density at radius 1 is 1.48 bits per heavy atom. The van der Waals surface area contributed by atoms with Crippen LogP contribution in [-0.2, 0) is 9.53 Å². The van der Waals surface area contributed by atoms with Gasteiger partial charge in [-0.3, -0.25) is 9.59 Å². The second-order valence-corrected chi connectivity index (χ2v) is 6.03. The van der Waals surface area contributed by atoms with Crippen molar-refractivity contribution in [1.82, 2.24) is 10.3 Å². The van der Waals surface area contributed by atoms with Gasteiger partial charge in [0.1, 0.15) is 0 Å². The fourth-order valence-electron chi connectivity index (χ4n) is 2.34. The molecule has 2 rings (SSSR count). The van der Waals surface area contributed by atoms with Gasteiger partial charge >= 0.3 is 0 Å². The third kappa shape index (κ3) is 4.23. The molecule has 6 nitrogen and oxygen atoms in total. The maximum Gasteiger partial charge on any atom is 0.234 e. The van der Waals surface area contributed by atoms with E-state index in [4.69, 9.17) is 4.74 Å². The minimum Gasteiger partial charge on any atom is -0.384 e. The van der Waals surface area contributed by atoms with Gasteiger partial charge in [0.25, 0.3) is 0 Å². The first-order chi connectivity index (χ1) is 9.57. The smallest absolute Gasteiger partial charge is 0.234 e. The minimum atomic E-state index is -0.512. The molecule has 8 heteroatoms. The van der Waals surface area contributed by atoms with Crippen molar-refractivity contribution in [2.75, 3.05) is 32.1 Å². The van der Waals surface area contributed by atoms with Crippen LogP contribution in [0.3, 0.4) is 0 Å². The number of nitrogens with one attached hydrogen (secondary N) is 2. The molecule has 0 aliphatic carbocycles. The molecule has 2 heterocycles. The van der Waals surface area contributed by atoms with Crippen LogP contribution in [0.1, 0.15) is 29.4 Å². The summed E-state index contributed by atoms with van der Waals surface area (Å²) in [5, 5.41) is 6.53. The number of hydrogen-bond donors (Lipinski definition) is 2. The van der Waals surface area contributed by atoms with Gasteiger partial charge in [-0.05, 0) is 25.9 Å². The summed E-state index contributed by atoms with van der Waals surface area (Å²) in [6, 6.07) is 0. The molecule has 1 aromatic rings. The molecule has 2 N–H and O–H groups in total. The summed E-state index contributed by atoms with van der Waals surface area (Å²) in [5.41, 5.74) is -0.512. The highest BCUT2D eigenvalue weighted by atomic mass is 35.5. The standard InChI is InChI=1S/C13H19N3O3S.ClH/c1-9(17)10-7-15-12(20-10)16-11(18)13(8-19-2)3-5-14-6-4-13;/h7,14H,3-6,8H2,1-2H3,(H,15,16,18);1H. The zero-order chi connectivity index (χ0) is 14.6. The Labute approximate surface area is 134 Å². The monoisotopic (exact) mass is 333 g/mol. The SMILES string of the molecule is COCC1(C(=O)Nc2ncc(C(C)=O)s2)CCNCC1.Cl. The van der Waals surface area contributed by atoms with Gasteiger partial charge in [-0.25, -0.2) is 4.98 Å². The lowest BCUT2D eigenvalue weighted by Crippen LogP contribution is -2.47. The number of nitrogens with zero attached hydrogens (tertiary/aromatic N) is 1. The molecule has 0 aromatic carbocycles. The Morgan fingerprint density at radius 3 is 2.67 bits per heavy atom. The van der Waals surface area contributed by atoms with Crippen molar-refractivity contribution in [2.24, 2.45) is 5.41 Å². The van der Waals surface area contributed by atoms with Gasteiger partial charge in [-0.1, -0.05) is 11.3 Å². The summed E-state index contributed by atoms with van der Waals surface area (Å²) in [4.78, 5) is 28.4. The first-order valence-electron chi connectivity index (χ1n) is 6.55. The molecular formula is C13H20ClN3O3S. The second-order valence-electron chi connectivity index (χ2n) is 5.00. The predicted octanol–water partition coefficient (Wildman–Crippen LogP) is 1.72. The van der Waals surface area contributed by atoms with Crippen LogP contribution in [0, 0.1) is 5.41 Å². The highest BCUT2D eigenvalue weighted by Gasteiger charge is 2.40. The number of ketones is 1. The van der Waals surface area contributed by atoms with Crippen LogP contribution in [0.2, 0.25) is 0 Å². The lowest BCUT2D eigenvalue weighted by Gasteiger charge is -2.35. The van der Waals surface area contributed by atoms with E-state index in [-0.39, 0.29) is 24.1 Å². The molecule has 1 aliphatic rings. The summed E-state index contributed by atoms with van der Waals surface area (Å²) < 4.78 is 5.23. The summed E-state index contributed by atoms with van der Waals surface area (Å²) in [7, 11) is 1.61. The van der Waals surface area contributed by atoms with Gasteiger partial charge < -0.3 is 15.4 Å². The average molecular weight is 334 g/mol. The highest BCUT2D eigenvalue weighted by Crippen LogP contribution is 2.31. The van der Waals surface area contributed by atoms with E-state index in [9.17, 15) is 9.59 Å². The number of hydrogen-bond acceptors (Lipinski definition) is 6. The number of carbonyl (C=O) groups excluding carboxylic acids is 2. The van der Waals surface area contributed by atoms with Crippen molar-refractivity contribution >= 4 is 40.6 Å². The van der Waals surface area contributed by atoms with E-state index < -0.39 is 5.41 Å². The lowest BCUT2D eigenvalue weighted by molar-refractivity contribution is -0.130. The third-order valence-corrected chi connectivity index (χ3v) is 4.55. The molecule has 21 heavy (non-hydrogen) atoms. The molecule has 0 bridgehead atoms. The Hall–Kier alpha value is -1.02. The van der Waals surface area contributed by atoms with Crippen LogP contribution >= 0.6 is 23.7 Å². The Kier molecular flexibility index (Phi) is 6.73. The molecular weight excluding hydrogens is 314 g/mol. The van der Waals surface area contributed by atoms with Gasteiger partial charge in [0.2, 0.25) is 5.91 Å². The van der Waals surface area contributed by atoms with Crippen molar-refractivity contribution in [1.29, 1.82) is 0 Å². The molecule has 1 saturated heterocycles. The van der Waals surface area contributed by atoms with Gasteiger partial charge in [-0.2, -0.15) is 0 Å². The zero-order valence-electron chi connectivity index (χ0n) is 12.1. The van der Waals surface area contributed by atoms with Crippen LogP contribution in [0.15, 0.2) is 6.20 Å². The van der Waals surface area contributed by atoms with Crippen LogP contribution in [0.5, 0.6) is 0 Å². The highest BCUT2D eigenvalue weighted by molar-refractivity contribution is 7.17. The first kappa shape index (κ1) is 18.0. The average Bonchev–Trinajstić information content (AvgIpc) is 2.89. The summed E-state index contributed by atoms with van der Waals surface area (Å²) in [5.74, 6) is -0.123. The molecule has 118 valence electrons. The van der Waals surface area contributed by atoms with Crippen LogP contribution < -0.4 is 10.6 Å². The number of aromatic nitrogens is 1. The topological polar surface area (TPSA) is 80.3 Å². The Morgan fingerprint density at radius 2 is 2.14 bits per heavy atom. The number of halogens is 1. The molecule has 0 spiro atoms. The second kappa shape index (κ2) is 7.84. The van der Waals surface area contributed by atoms with Crippen molar-refractivity contribution in [3.05, 3.63) is 11.1 Å². The largest absolute Gasteiger partial charge is 0.384 e. The van der Waals surface area contributed by atoms with E-state index in [1.165, 1.54) is 24.5 Å². The fraction of sp³-hybridized carbons (Fsp3) is 0.615. The van der Waals surface area contributed by atoms with Gasteiger partial charge in [0.15, 0.2) is 10.9 Å². The molecule has 1 aliphatic heterocycles. The van der Waals surface area contributed by atoms with E-state index in [1.54, 1.807) is 7.11 Å². The van der Waals surface area contributed by atoms with Crippen LogP contribution in [-0.4, -0.2) is 43.5 Å². The number of rotatable bonds is 5. The van der Waals surface area contributed by atoms with E-state index in [2.05, 4.69) is 15.6 Å². The molecule has 1 fully saturated rings. The Balaban J connectivity index is 0.00000220. The molecule has 1 amide bonds. The number of ether oxygens (including phenoxy) is 1. The number of thiazole rings is 1. The first-order valence-corrected chi connectivity index (χ1v) is 7.37. The minimum absolute atomic E-state index is 0. The van der Waals surface area contributed by atoms with Crippen molar-refractivity contribution in [3.63, 3.8) is 0 Å². The maximum absolute atomic E-state index is 12.5. The number of amides is 1. The summed E-state index contributed by atoms with van der Waals surface area (Å²) >= 11 is 1.20. The van der Waals surface area contributed by atoms with E-state index >= 15 is 0 Å². The van der Waals surface area contributed by atoms with E-state index in [1.807, 2.05) is 0 Å². The lowest BCUT2D eigenvalue weighted by atomic mass is 9.79. The van der Waals surface area contributed by atoms with Crippen molar-refractivity contribution < 1.29 is 14.3 Å². The van der Waals surface area contributed by atoms with Crippen molar-refractivity contribution in [2.45, 2.75) is 19.8 Å². The van der Waals surface area contributed by atoms with E-state index in [0.717, 1.165) is 25.9 Å². The number of piperidine rings is 1.